The van der Waals surface area contributed by atoms with Crippen LogP contribution in [0.15, 0.2) is 29.8 Å². The molecule has 1 fully saturated rings. The number of ether oxygens (including phenoxy) is 1. The number of rotatable bonds is 6. The van der Waals surface area contributed by atoms with E-state index in [2.05, 4.69) is 9.88 Å². The van der Waals surface area contributed by atoms with Crippen LogP contribution in [0.3, 0.4) is 0 Å². The first-order valence-corrected chi connectivity index (χ1v) is 9.33. The maximum atomic E-state index is 13.5. The standard InChI is InChI=1S/C22H22FN3O3/c1-13-4-5-18(10-20(13)23)25-21(27)12-29-22(28)17(11-24)9-16-8-14(2)26(15(16)3)19-6-7-19/h4-5,8-10,19H,6-7,12H2,1-3H3,(H,25,27)/b17-9+. The molecule has 1 amide bonds. The zero-order chi connectivity index (χ0) is 21.1. The van der Waals surface area contributed by atoms with Crippen molar-refractivity contribution in [2.45, 2.75) is 39.7 Å². The molecule has 3 rings (SSSR count). The van der Waals surface area contributed by atoms with Crippen molar-refractivity contribution in [2.75, 3.05) is 11.9 Å². The summed E-state index contributed by atoms with van der Waals surface area (Å²) in [6.07, 6.45) is 3.75. The lowest BCUT2D eigenvalue weighted by molar-refractivity contribution is -0.142. The predicted molar refractivity (Wildman–Crippen MR) is 106 cm³/mol. The van der Waals surface area contributed by atoms with Crippen molar-refractivity contribution in [3.05, 3.63) is 58.2 Å². The summed E-state index contributed by atoms with van der Waals surface area (Å²) in [5, 5.41) is 11.8. The van der Waals surface area contributed by atoms with E-state index in [0.717, 1.165) is 29.8 Å². The van der Waals surface area contributed by atoms with Crippen molar-refractivity contribution in [3.8, 4) is 6.07 Å². The Morgan fingerprint density at radius 3 is 2.66 bits per heavy atom. The summed E-state index contributed by atoms with van der Waals surface area (Å²) >= 11 is 0. The van der Waals surface area contributed by atoms with Crippen molar-refractivity contribution >= 4 is 23.6 Å². The molecule has 1 aromatic carbocycles. The Balaban J connectivity index is 1.63. The fourth-order valence-electron chi connectivity index (χ4n) is 3.21. The molecule has 1 aliphatic carbocycles. The number of carbonyl (C=O) groups is 2. The van der Waals surface area contributed by atoms with E-state index in [1.54, 1.807) is 13.0 Å². The lowest BCUT2D eigenvalue weighted by Gasteiger charge is -2.08. The highest BCUT2D eigenvalue weighted by molar-refractivity contribution is 6.00. The quantitative estimate of drug-likeness (QED) is 0.456. The highest BCUT2D eigenvalue weighted by Gasteiger charge is 2.27. The molecule has 0 aliphatic heterocycles. The lowest BCUT2D eigenvalue weighted by Crippen LogP contribution is -2.21. The number of hydrogen-bond donors (Lipinski definition) is 1. The topological polar surface area (TPSA) is 84.1 Å². The second-order valence-corrected chi connectivity index (χ2v) is 7.19. The number of nitriles is 1. The highest BCUT2D eigenvalue weighted by Crippen LogP contribution is 2.38. The number of halogens is 1. The third kappa shape index (κ3) is 4.72. The molecule has 6 nitrogen and oxygen atoms in total. The molecule has 0 spiro atoms. The van der Waals surface area contributed by atoms with Gasteiger partial charge in [-0.1, -0.05) is 6.07 Å². The number of hydrogen-bond acceptors (Lipinski definition) is 4. The van der Waals surface area contributed by atoms with Gasteiger partial charge in [-0.15, -0.1) is 0 Å². The Labute approximate surface area is 168 Å². The van der Waals surface area contributed by atoms with Gasteiger partial charge in [-0.2, -0.15) is 5.26 Å². The Morgan fingerprint density at radius 1 is 1.31 bits per heavy atom. The van der Waals surface area contributed by atoms with E-state index in [0.29, 0.717) is 11.6 Å². The zero-order valence-electron chi connectivity index (χ0n) is 16.6. The van der Waals surface area contributed by atoms with E-state index < -0.39 is 24.3 Å². The predicted octanol–water partition coefficient (Wildman–Crippen LogP) is 3.98. The fourth-order valence-corrected chi connectivity index (χ4v) is 3.21. The highest BCUT2D eigenvalue weighted by atomic mass is 19.1. The summed E-state index contributed by atoms with van der Waals surface area (Å²) in [4.78, 5) is 24.2. The molecule has 0 radical (unpaired) electrons. The molecule has 1 saturated carbocycles. The third-order valence-electron chi connectivity index (χ3n) is 4.87. The molecule has 0 atom stereocenters. The van der Waals surface area contributed by atoms with Crippen LogP contribution in [-0.4, -0.2) is 23.1 Å². The molecule has 0 saturated heterocycles. The average Bonchev–Trinajstić information content (AvgIpc) is 3.46. The normalized spacial score (nSPS) is 13.7. The zero-order valence-corrected chi connectivity index (χ0v) is 16.6. The lowest BCUT2D eigenvalue weighted by atomic mass is 10.1. The SMILES string of the molecule is Cc1ccc(NC(=O)COC(=O)/C(C#N)=C/c2cc(C)n(C3CC3)c2C)cc1F. The second-order valence-electron chi connectivity index (χ2n) is 7.19. The molecule has 0 unspecified atom stereocenters. The number of benzene rings is 1. The summed E-state index contributed by atoms with van der Waals surface area (Å²) in [5.41, 5.74) is 3.38. The molecule has 2 aromatic rings. The van der Waals surface area contributed by atoms with Gasteiger partial charge in [0.25, 0.3) is 5.91 Å². The van der Waals surface area contributed by atoms with Crippen molar-refractivity contribution in [1.29, 1.82) is 5.26 Å². The van der Waals surface area contributed by atoms with Crippen molar-refractivity contribution in [3.63, 3.8) is 0 Å². The third-order valence-corrected chi connectivity index (χ3v) is 4.87. The number of nitrogens with zero attached hydrogens (tertiary/aromatic N) is 2. The number of anilines is 1. The van der Waals surface area contributed by atoms with Crippen LogP contribution in [0.25, 0.3) is 6.08 Å². The number of esters is 1. The Hall–Kier alpha value is -3.40. The van der Waals surface area contributed by atoms with Crippen LogP contribution in [0.2, 0.25) is 0 Å². The first-order chi connectivity index (χ1) is 13.8. The minimum atomic E-state index is -0.881. The maximum absolute atomic E-state index is 13.5. The number of nitrogens with one attached hydrogen (secondary N) is 1. The minimum absolute atomic E-state index is 0.185. The van der Waals surface area contributed by atoms with Gasteiger partial charge in [0.1, 0.15) is 17.5 Å². The van der Waals surface area contributed by atoms with Crippen LogP contribution in [0.4, 0.5) is 10.1 Å². The molecule has 29 heavy (non-hydrogen) atoms. The fraction of sp³-hybridized carbons (Fsp3) is 0.318. The smallest absolute Gasteiger partial charge is 0.349 e. The van der Waals surface area contributed by atoms with Crippen LogP contribution >= 0.6 is 0 Å². The van der Waals surface area contributed by atoms with Crippen molar-refractivity contribution in [1.82, 2.24) is 4.57 Å². The molecule has 150 valence electrons. The molecule has 1 aromatic heterocycles. The van der Waals surface area contributed by atoms with Crippen LogP contribution in [0, 0.1) is 37.9 Å². The van der Waals surface area contributed by atoms with Crippen molar-refractivity contribution in [2.24, 2.45) is 0 Å². The number of aromatic nitrogens is 1. The molecular weight excluding hydrogens is 373 g/mol. The molecule has 1 N–H and O–H groups in total. The van der Waals surface area contributed by atoms with E-state index in [1.807, 2.05) is 26.0 Å². The van der Waals surface area contributed by atoms with Crippen LogP contribution in [0.1, 0.15) is 41.4 Å². The second kappa shape index (κ2) is 8.31. The van der Waals surface area contributed by atoms with Crippen LogP contribution < -0.4 is 5.32 Å². The maximum Gasteiger partial charge on any atom is 0.349 e. The Bertz CT molecular complexity index is 1040. The van der Waals surface area contributed by atoms with Gasteiger partial charge >= 0.3 is 5.97 Å². The van der Waals surface area contributed by atoms with Crippen molar-refractivity contribution < 1.29 is 18.7 Å². The largest absolute Gasteiger partial charge is 0.451 e. The van der Waals surface area contributed by atoms with Gasteiger partial charge in [-0.25, -0.2) is 9.18 Å². The Morgan fingerprint density at radius 2 is 2.03 bits per heavy atom. The molecule has 7 heteroatoms. The van der Waals surface area contributed by atoms with E-state index in [-0.39, 0.29) is 11.3 Å². The number of aryl methyl sites for hydroxylation is 2. The van der Waals surface area contributed by atoms with Gasteiger partial charge in [0, 0.05) is 23.1 Å². The molecule has 1 heterocycles. The first-order valence-electron chi connectivity index (χ1n) is 9.33. The van der Waals surface area contributed by atoms with E-state index in [9.17, 15) is 19.2 Å². The minimum Gasteiger partial charge on any atom is -0.451 e. The van der Waals surface area contributed by atoms with Crippen LogP contribution in [0.5, 0.6) is 0 Å². The molecular formula is C22H22FN3O3. The monoisotopic (exact) mass is 395 g/mol. The van der Waals surface area contributed by atoms with Gasteiger partial charge in [-0.3, -0.25) is 4.79 Å². The van der Waals surface area contributed by atoms with E-state index >= 15 is 0 Å². The summed E-state index contributed by atoms with van der Waals surface area (Å²) in [6.45, 7) is 4.98. The number of carbonyl (C=O) groups excluding carboxylic acids is 2. The van der Waals surface area contributed by atoms with Gasteiger partial charge in [0.15, 0.2) is 6.61 Å². The Kier molecular flexibility index (Phi) is 5.83. The summed E-state index contributed by atoms with van der Waals surface area (Å²) in [6, 6.07) is 8.52. The van der Waals surface area contributed by atoms with Gasteiger partial charge < -0.3 is 14.6 Å². The van der Waals surface area contributed by atoms with E-state index in [4.69, 9.17) is 4.74 Å². The van der Waals surface area contributed by atoms with Gasteiger partial charge in [0.05, 0.1) is 0 Å². The van der Waals surface area contributed by atoms with Gasteiger partial charge in [-0.05, 0) is 69.0 Å². The summed E-state index contributed by atoms with van der Waals surface area (Å²) < 4.78 is 20.7. The van der Waals surface area contributed by atoms with E-state index in [1.165, 1.54) is 18.2 Å². The summed E-state index contributed by atoms with van der Waals surface area (Å²) in [7, 11) is 0. The first kappa shape index (κ1) is 20.3. The van der Waals surface area contributed by atoms with Gasteiger partial charge in [0.2, 0.25) is 0 Å². The molecule has 1 aliphatic rings. The summed E-state index contributed by atoms with van der Waals surface area (Å²) in [5.74, 6) is -1.95. The van der Waals surface area contributed by atoms with Crippen LogP contribution in [-0.2, 0) is 14.3 Å². The number of amides is 1. The average molecular weight is 395 g/mol. The molecule has 0 bridgehead atoms.